The van der Waals surface area contributed by atoms with Gasteiger partial charge in [0.2, 0.25) is 5.91 Å². The molecule has 4 fully saturated rings. The second-order valence-electron chi connectivity index (χ2n) is 7.57. The molecule has 21 heavy (non-hydrogen) atoms. The summed E-state index contributed by atoms with van der Waals surface area (Å²) in [5.74, 6) is 2.72. The molecular weight excluding hydrogens is 266 g/mol. The van der Waals surface area contributed by atoms with Gasteiger partial charge in [-0.15, -0.1) is 0 Å². The van der Waals surface area contributed by atoms with Crippen molar-refractivity contribution in [2.45, 2.75) is 64.3 Å². The summed E-state index contributed by atoms with van der Waals surface area (Å²) in [6, 6.07) is -0.0265. The Labute approximate surface area is 126 Å². The van der Waals surface area contributed by atoms with Crippen LogP contribution in [-0.4, -0.2) is 23.0 Å². The molecule has 4 saturated carbocycles. The molecule has 5 nitrogen and oxygen atoms in total. The van der Waals surface area contributed by atoms with Gasteiger partial charge >= 0.3 is 0 Å². The molecule has 0 heterocycles. The highest BCUT2D eigenvalue weighted by molar-refractivity contribution is 5.85. The smallest absolute Gasteiger partial charge is 0.226 e. The summed E-state index contributed by atoms with van der Waals surface area (Å²) in [7, 11) is 0. The predicted octanol–water partition coefficient (Wildman–Crippen LogP) is 2.23. The maximum Gasteiger partial charge on any atom is 0.226 e. The van der Waals surface area contributed by atoms with Gasteiger partial charge in [0, 0.05) is 17.9 Å². The minimum absolute atomic E-state index is 0.0265. The number of rotatable bonds is 5. The molecule has 0 aliphatic heterocycles. The standard InChI is InChI=1S/C16H27N3O2/c1-2-13(6-14(17)19-21)18-15(20)16-7-10-3-11(8-16)5-12(4-10)9-16/h10-13,21H,2-9H2,1H3,(H2,17,19)(H,18,20). The van der Waals surface area contributed by atoms with Crippen molar-refractivity contribution < 1.29 is 10.0 Å². The summed E-state index contributed by atoms with van der Waals surface area (Å²) >= 11 is 0. The Morgan fingerprint density at radius 1 is 1.29 bits per heavy atom. The highest BCUT2D eigenvalue weighted by Gasteiger charge is 2.54. The summed E-state index contributed by atoms with van der Waals surface area (Å²) < 4.78 is 0. The highest BCUT2D eigenvalue weighted by Crippen LogP contribution is 2.60. The molecule has 5 heteroatoms. The lowest BCUT2D eigenvalue weighted by Gasteiger charge is -2.55. The number of nitrogens with zero attached hydrogens (tertiary/aromatic N) is 1. The first-order chi connectivity index (χ1) is 10.0. The van der Waals surface area contributed by atoms with Crippen molar-refractivity contribution in [2.24, 2.45) is 34.1 Å². The normalized spacial score (nSPS) is 39.3. The van der Waals surface area contributed by atoms with Gasteiger partial charge in [0.05, 0.1) is 0 Å². The zero-order chi connectivity index (χ0) is 15.0. The number of hydrogen-bond donors (Lipinski definition) is 3. The number of carbonyl (C=O) groups excluding carboxylic acids is 1. The van der Waals surface area contributed by atoms with Gasteiger partial charge in [-0.1, -0.05) is 12.1 Å². The first kappa shape index (κ1) is 14.7. The van der Waals surface area contributed by atoms with Gasteiger partial charge < -0.3 is 16.3 Å². The lowest BCUT2D eigenvalue weighted by atomic mass is 9.49. The number of amidine groups is 1. The van der Waals surface area contributed by atoms with Gasteiger partial charge in [-0.2, -0.15) is 0 Å². The molecule has 1 atom stereocenters. The quantitative estimate of drug-likeness (QED) is 0.314. The summed E-state index contributed by atoms with van der Waals surface area (Å²) in [4.78, 5) is 12.9. The predicted molar refractivity (Wildman–Crippen MR) is 80.9 cm³/mol. The third-order valence-corrected chi connectivity index (χ3v) is 5.93. The SMILES string of the molecule is CCC(CC(N)=NO)NC(=O)C12CC3CC(CC(C3)C1)C2. The van der Waals surface area contributed by atoms with Crippen LogP contribution >= 0.6 is 0 Å². The molecule has 118 valence electrons. The maximum absolute atomic E-state index is 12.9. The van der Waals surface area contributed by atoms with Crippen molar-refractivity contribution in [3.63, 3.8) is 0 Å². The Kier molecular flexibility index (Phi) is 3.84. The van der Waals surface area contributed by atoms with Crippen LogP contribution in [0.1, 0.15) is 58.3 Å². The van der Waals surface area contributed by atoms with Gasteiger partial charge in [-0.3, -0.25) is 4.79 Å². The average molecular weight is 293 g/mol. The summed E-state index contributed by atoms with van der Waals surface area (Å²) in [6.07, 6.45) is 8.47. The lowest BCUT2D eigenvalue weighted by Crippen LogP contribution is -2.55. The average Bonchev–Trinajstić information content (AvgIpc) is 2.44. The van der Waals surface area contributed by atoms with Crippen LogP contribution in [0.2, 0.25) is 0 Å². The van der Waals surface area contributed by atoms with Crippen LogP contribution in [-0.2, 0) is 4.79 Å². The first-order valence-corrected chi connectivity index (χ1v) is 8.32. The molecule has 0 aromatic carbocycles. The van der Waals surface area contributed by atoms with Gasteiger partial charge in [-0.05, 0) is 62.7 Å². The number of amides is 1. The summed E-state index contributed by atoms with van der Waals surface area (Å²) in [5, 5.41) is 14.9. The van der Waals surface area contributed by atoms with E-state index in [0.717, 1.165) is 43.4 Å². The van der Waals surface area contributed by atoms with E-state index in [4.69, 9.17) is 10.9 Å². The van der Waals surface area contributed by atoms with E-state index in [1.807, 2.05) is 6.92 Å². The molecule has 1 amide bonds. The summed E-state index contributed by atoms with van der Waals surface area (Å²) in [6.45, 7) is 2.02. The van der Waals surface area contributed by atoms with Gasteiger partial charge in [0.15, 0.2) is 0 Å². The molecule has 0 aromatic rings. The van der Waals surface area contributed by atoms with Gasteiger partial charge in [0.1, 0.15) is 5.84 Å². The second kappa shape index (κ2) is 5.50. The van der Waals surface area contributed by atoms with Crippen LogP contribution in [0, 0.1) is 23.2 Å². The van der Waals surface area contributed by atoms with Crippen LogP contribution < -0.4 is 11.1 Å². The van der Waals surface area contributed by atoms with E-state index >= 15 is 0 Å². The van der Waals surface area contributed by atoms with Crippen LogP contribution in [0.3, 0.4) is 0 Å². The molecule has 0 aromatic heterocycles. The van der Waals surface area contributed by atoms with Crippen LogP contribution in [0.4, 0.5) is 0 Å². The zero-order valence-corrected chi connectivity index (χ0v) is 12.8. The minimum atomic E-state index is -0.118. The van der Waals surface area contributed by atoms with Crippen molar-refractivity contribution >= 4 is 11.7 Å². The zero-order valence-electron chi connectivity index (χ0n) is 12.8. The Balaban J connectivity index is 1.67. The molecule has 4 N–H and O–H groups in total. The number of oxime groups is 1. The Bertz CT molecular complexity index is 412. The van der Waals surface area contributed by atoms with Crippen molar-refractivity contribution in [1.29, 1.82) is 0 Å². The topological polar surface area (TPSA) is 87.7 Å². The minimum Gasteiger partial charge on any atom is -0.409 e. The van der Waals surface area contributed by atoms with Crippen LogP contribution in [0.15, 0.2) is 5.16 Å². The molecule has 0 spiro atoms. The van der Waals surface area contributed by atoms with E-state index in [2.05, 4.69) is 10.5 Å². The lowest BCUT2D eigenvalue weighted by molar-refractivity contribution is -0.147. The van der Waals surface area contributed by atoms with Crippen molar-refractivity contribution in [3.8, 4) is 0 Å². The fourth-order valence-electron chi connectivity index (χ4n) is 5.32. The van der Waals surface area contributed by atoms with Crippen LogP contribution in [0.25, 0.3) is 0 Å². The number of hydrogen-bond acceptors (Lipinski definition) is 3. The second-order valence-corrected chi connectivity index (χ2v) is 7.57. The monoisotopic (exact) mass is 293 g/mol. The number of nitrogens with one attached hydrogen (secondary N) is 1. The third kappa shape index (κ3) is 2.74. The van der Waals surface area contributed by atoms with E-state index in [1.54, 1.807) is 0 Å². The fourth-order valence-corrected chi connectivity index (χ4v) is 5.32. The fraction of sp³-hybridized carbons (Fsp3) is 0.875. The van der Waals surface area contributed by atoms with Crippen LogP contribution in [0.5, 0.6) is 0 Å². The van der Waals surface area contributed by atoms with Crippen molar-refractivity contribution in [2.75, 3.05) is 0 Å². The van der Waals surface area contributed by atoms with Crippen molar-refractivity contribution in [1.82, 2.24) is 5.32 Å². The van der Waals surface area contributed by atoms with E-state index < -0.39 is 0 Å². The van der Waals surface area contributed by atoms with Gasteiger partial charge in [0.25, 0.3) is 0 Å². The largest absolute Gasteiger partial charge is 0.409 e. The molecule has 0 saturated heterocycles. The van der Waals surface area contributed by atoms with E-state index in [-0.39, 0.29) is 23.2 Å². The van der Waals surface area contributed by atoms with E-state index in [1.165, 1.54) is 19.3 Å². The molecule has 4 rings (SSSR count). The number of nitrogens with two attached hydrogens (primary N) is 1. The maximum atomic E-state index is 12.9. The van der Waals surface area contributed by atoms with Crippen molar-refractivity contribution in [3.05, 3.63) is 0 Å². The van der Waals surface area contributed by atoms with E-state index in [0.29, 0.717) is 6.42 Å². The first-order valence-electron chi connectivity index (χ1n) is 8.32. The highest BCUT2D eigenvalue weighted by atomic mass is 16.4. The Morgan fingerprint density at radius 2 is 1.81 bits per heavy atom. The molecule has 4 aliphatic rings. The molecular formula is C16H27N3O2. The molecule has 0 radical (unpaired) electrons. The molecule has 1 unspecified atom stereocenters. The molecule has 4 aliphatic carbocycles. The third-order valence-electron chi connectivity index (χ3n) is 5.93. The Hall–Kier alpha value is -1.26. The Morgan fingerprint density at radius 3 is 2.24 bits per heavy atom. The summed E-state index contributed by atoms with van der Waals surface area (Å²) in [5.41, 5.74) is 5.46. The van der Waals surface area contributed by atoms with Gasteiger partial charge in [-0.25, -0.2) is 0 Å². The van der Waals surface area contributed by atoms with E-state index in [9.17, 15) is 4.79 Å². The molecule has 4 bridgehead atoms. The number of carbonyl (C=O) groups is 1.